The quantitative estimate of drug-likeness (QED) is 0.798. The van der Waals surface area contributed by atoms with E-state index in [1.54, 1.807) is 13.0 Å². The lowest BCUT2D eigenvalue weighted by Crippen LogP contribution is -2.48. The highest BCUT2D eigenvalue weighted by Gasteiger charge is 2.27. The molecule has 0 bridgehead atoms. The molecule has 0 radical (unpaired) electrons. The van der Waals surface area contributed by atoms with Crippen LogP contribution in [-0.2, 0) is 4.74 Å². The summed E-state index contributed by atoms with van der Waals surface area (Å²) >= 11 is 0. The van der Waals surface area contributed by atoms with E-state index >= 15 is 0 Å². The predicted molar refractivity (Wildman–Crippen MR) is 52.1 cm³/mol. The van der Waals surface area contributed by atoms with Gasteiger partial charge >= 0.3 is 0 Å². The van der Waals surface area contributed by atoms with Crippen molar-refractivity contribution in [1.82, 2.24) is 5.32 Å². The Bertz CT molecular complexity index is 367. The topological polar surface area (TPSA) is 75.3 Å². The van der Waals surface area contributed by atoms with Crippen molar-refractivity contribution in [3.63, 3.8) is 0 Å². The number of rotatable bonds is 4. The van der Waals surface area contributed by atoms with Gasteiger partial charge in [-0.05, 0) is 19.1 Å². The third kappa shape index (κ3) is 2.82. The van der Waals surface area contributed by atoms with Gasteiger partial charge in [0, 0.05) is 7.11 Å². The first-order chi connectivity index (χ1) is 7.11. The zero-order valence-corrected chi connectivity index (χ0v) is 8.61. The first kappa shape index (κ1) is 11.3. The Hall–Kier alpha value is -1.80. The molecule has 0 aliphatic rings. The molecule has 0 spiro atoms. The van der Waals surface area contributed by atoms with Crippen LogP contribution in [0.1, 0.15) is 17.5 Å². The lowest BCUT2D eigenvalue weighted by molar-refractivity contribution is 0.0833. The fourth-order valence-electron chi connectivity index (χ4n) is 1.10. The molecule has 0 aliphatic heterocycles. The van der Waals surface area contributed by atoms with Crippen LogP contribution in [0.15, 0.2) is 22.8 Å². The molecule has 0 fully saturated rings. The van der Waals surface area contributed by atoms with Gasteiger partial charge in [0.2, 0.25) is 0 Å². The van der Waals surface area contributed by atoms with Crippen molar-refractivity contribution in [2.75, 3.05) is 13.7 Å². The van der Waals surface area contributed by atoms with Crippen molar-refractivity contribution >= 4 is 5.91 Å². The summed E-state index contributed by atoms with van der Waals surface area (Å²) in [6, 6.07) is 5.11. The largest absolute Gasteiger partial charge is 0.459 e. The van der Waals surface area contributed by atoms with Gasteiger partial charge in [-0.2, -0.15) is 5.26 Å². The van der Waals surface area contributed by atoms with E-state index < -0.39 is 11.4 Å². The summed E-state index contributed by atoms with van der Waals surface area (Å²) in [7, 11) is 1.47. The maximum Gasteiger partial charge on any atom is 0.288 e. The Kier molecular flexibility index (Phi) is 3.47. The van der Waals surface area contributed by atoms with Crippen LogP contribution in [0.5, 0.6) is 0 Å². The number of nitrogens with zero attached hydrogens (tertiary/aromatic N) is 1. The molecule has 1 amide bonds. The van der Waals surface area contributed by atoms with Crippen LogP contribution in [0.3, 0.4) is 0 Å². The average Bonchev–Trinajstić information content (AvgIpc) is 2.71. The van der Waals surface area contributed by atoms with E-state index in [-0.39, 0.29) is 12.4 Å². The number of ether oxygens (including phenoxy) is 1. The molecule has 15 heavy (non-hydrogen) atoms. The summed E-state index contributed by atoms with van der Waals surface area (Å²) in [5.74, 6) is -0.256. The molecule has 1 heterocycles. The van der Waals surface area contributed by atoms with E-state index in [0.29, 0.717) is 0 Å². The van der Waals surface area contributed by atoms with E-state index in [9.17, 15) is 4.79 Å². The van der Waals surface area contributed by atoms with E-state index in [2.05, 4.69) is 5.32 Å². The number of methoxy groups -OCH3 is 1. The second-order valence-electron chi connectivity index (χ2n) is 3.31. The van der Waals surface area contributed by atoms with Gasteiger partial charge in [-0.25, -0.2) is 0 Å². The number of amides is 1. The molecule has 5 nitrogen and oxygen atoms in total. The minimum atomic E-state index is -1.04. The third-order valence-corrected chi connectivity index (χ3v) is 1.81. The number of hydrogen-bond acceptors (Lipinski definition) is 4. The smallest absolute Gasteiger partial charge is 0.288 e. The second kappa shape index (κ2) is 4.62. The molecule has 1 rings (SSSR count). The maximum atomic E-state index is 11.5. The fourth-order valence-corrected chi connectivity index (χ4v) is 1.10. The molecular weight excluding hydrogens is 196 g/mol. The van der Waals surface area contributed by atoms with Crippen LogP contribution >= 0.6 is 0 Å². The molecule has 0 saturated heterocycles. The number of furan rings is 1. The van der Waals surface area contributed by atoms with Crippen molar-refractivity contribution in [3.05, 3.63) is 24.2 Å². The predicted octanol–water partition coefficient (Wildman–Crippen LogP) is 0.938. The fraction of sp³-hybridized carbons (Fsp3) is 0.400. The molecular formula is C10H12N2O3. The highest BCUT2D eigenvalue weighted by molar-refractivity contribution is 5.92. The van der Waals surface area contributed by atoms with Gasteiger partial charge in [0.05, 0.1) is 18.9 Å². The molecule has 1 N–H and O–H groups in total. The molecule has 0 aromatic carbocycles. The summed E-state index contributed by atoms with van der Waals surface area (Å²) in [6.07, 6.45) is 1.40. The lowest BCUT2D eigenvalue weighted by atomic mass is 10.1. The van der Waals surface area contributed by atoms with Gasteiger partial charge < -0.3 is 14.5 Å². The van der Waals surface area contributed by atoms with E-state index in [1.807, 2.05) is 6.07 Å². The van der Waals surface area contributed by atoms with Crippen LogP contribution in [0.4, 0.5) is 0 Å². The molecule has 80 valence electrons. The number of nitrogens with one attached hydrogen (secondary N) is 1. The van der Waals surface area contributed by atoms with Gasteiger partial charge in [-0.3, -0.25) is 4.79 Å². The standard InChI is InChI=1S/C10H12N2O3/c1-10(6-11,7-14-2)12-9(13)8-4-3-5-15-8/h3-5H,7H2,1-2H3,(H,12,13). The van der Waals surface area contributed by atoms with Crippen molar-refractivity contribution in [2.24, 2.45) is 0 Å². The van der Waals surface area contributed by atoms with Gasteiger partial charge in [0.15, 0.2) is 5.76 Å². The Morgan fingerprint density at radius 3 is 3.00 bits per heavy atom. The highest BCUT2D eigenvalue weighted by Crippen LogP contribution is 2.06. The summed E-state index contributed by atoms with van der Waals surface area (Å²) < 4.78 is 9.75. The third-order valence-electron chi connectivity index (χ3n) is 1.81. The molecule has 0 saturated carbocycles. The van der Waals surface area contributed by atoms with Crippen molar-refractivity contribution < 1.29 is 13.9 Å². The molecule has 1 atom stereocenters. The minimum absolute atomic E-state index is 0.121. The monoisotopic (exact) mass is 208 g/mol. The Morgan fingerprint density at radius 1 is 1.80 bits per heavy atom. The lowest BCUT2D eigenvalue weighted by Gasteiger charge is -2.21. The summed E-state index contributed by atoms with van der Waals surface area (Å²) in [5.41, 5.74) is -1.04. The number of carbonyl (C=O) groups excluding carboxylic acids is 1. The molecule has 1 aromatic heterocycles. The maximum absolute atomic E-state index is 11.5. The first-order valence-electron chi connectivity index (χ1n) is 4.37. The number of nitriles is 1. The van der Waals surface area contributed by atoms with Crippen molar-refractivity contribution in [1.29, 1.82) is 5.26 Å². The highest BCUT2D eigenvalue weighted by atomic mass is 16.5. The number of carbonyl (C=O) groups is 1. The first-order valence-corrected chi connectivity index (χ1v) is 4.37. The van der Waals surface area contributed by atoms with Crippen molar-refractivity contribution in [3.8, 4) is 6.07 Å². The zero-order valence-electron chi connectivity index (χ0n) is 8.61. The van der Waals surface area contributed by atoms with E-state index in [4.69, 9.17) is 14.4 Å². The summed E-state index contributed by atoms with van der Waals surface area (Å²) in [4.78, 5) is 11.5. The van der Waals surface area contributed by atoms with Gasteiger partial charge in [0.25, 0.3) is 5.91 Å². The Balaban J connectivity index is 2.69. The summed E-state index contributed by atoms with van der Waals surface area (Å²) in [6.45, 7) is 1.70. The van der Waals surface area contributed by atoms with E-state index in [0.717, 1.165) is 0 Å². The Labute approximate surface area is 87.6 Å². The average molecular weight is 208 g/mol. The van der Waals surface area contributed by atoms with Crippen LogP contribution in [0.25, 0.3) is 0 Å². The van der Waals surface area contributed by atoms with Crippen molar-refractivity contribution in [2.45, 2.75) is 12.5 Å². The normalized spacial score (nSPS) is 13.9. The molecule has 0 aliphatic carbocycles. The zero-order chi connectivity index (χ0) is 11.3. The minimum Gasteiger partial charge on any atom is -0.459 e. The second-order valence-corrected chi connectivity index (χ2v) is 3.31. The van der Waals surface area contributed by atoms with Gasteiger partial charge in [0.1, 0.15) is 5.54 Å². The van der Waals surface area contributed by atoms with E-state index in [1.165, 1.54) is 19.4 Å². The molecule has 5 heteroatoms. The number of hydrogen-bond donors (Lipinski definition) is 1. The SMILES string of the molecule is COCC(C)(C#N)NC(=O)c1ccco1. The van der Waals surface area contributed by atoms with Crippen LogP contribution < -0.4 is 5.32 Å². The Morgan fingerprint density at radius 2 is 2.53 bits per heavy atom. The van der Waals surface area contributed by atoms with Crippen LogP contribution in [0, 0.1) is 11.3 Å². The summed E-state index contributed by atoms with van der Waals surface area (Å²) in [5, 5.41) is 11.4. The van der Waals surface area contributed by atoms with Gasteiger partial charge in [-0.15, -0.1) is 0 Å². The van der Waals surface area contributed by atoms with Gasteiger partial charge in [-0.1, -0.05) is 0 Å². The van der Waals surface area contributed by atoms with Crippen LogP contribution in [-0.4, -0.2) is 25.2 Å². The van der Waals surface area contributed by atoms with Crippen LogP contribution in [0.2, 0.25) is 0 Å². The molecule has 1 aromatic rings. The molecule has 1 unspecified atom stereocenters.